The van der Waals surface area contributed by atoms with E-state index in [2.05, 4.69) is 33.6 Å². The van der Waals surface area contributed by atoms with Gasteiger partial charge in [-0.3, -0.25) is 14.4 Å². The predicted molar refractivity (Wildman–Crippen MR) is 134 cm³/mol. The number of nitrogens with two attached hydrogens (primary N) is 1. The summed E-state index contributed by atoms with van der Waals surface area (Å²) in [6, 6.07) is 2.76. The maximum absolute atomic E-state index is 13.2. The molecule has 192 valence electrons. The van der Waals surface area contributed by atoms with Crippen LogP contribution in [0.3, 0.4) is 0 Å². The average Bonchev–Trinajstić information content (AvgIpc) is 3.26. The number of amides is 3. The molecule has 0 fully saturated rings. The summed E-state index contributed by atoms with van der Waals surface area (Å²) in [5, 5.41) is 26.9. The van der Waals surface area contributed by atoms with E-state index >= 15 is 0 Å². The van der Waals surface area contributed by atoms with Crippen molar-refractivity contribution < 1.29 is 29.4 Å². The van der Waals surface area contributed by atoms with Crippen LogP contribution in [0.15, 0.2) is 30.5 Å². The summed E-state index contributed by atoms with van der Waals surface area (Å²) >= 11 is 3.88. The lowest BCUT2D eigenvalue weighted by atomic mass is 9.98. The molecule has 5 atom stereocenters. The number of aliphatic hydroxyl groups is 1. The standard InChI is InChI=1S/C23H33N5O6S/c1-3-12(2)19(24)22(32)26-16(8-13-9-25-15-7-5-4-6-14(13)15)20(30)27-17(10-29)21(31)28-18(11-35)23(33)34/h4-7,9,12,16-19,25,29,35H,3,8,10-11,24H2,1-2H3,(H,26,32)(H,27,30)(H,28,31)(H,33,34). The Balaban J connectivity index is 2.24. The fraction of sp³-hybridized carbons (Fsp3) is 0.478. The van der Waals surface area contributed by atoms with Crippen LogP contribution in [-0.4, -0.2) is 75.4 Å². The second-order valence-electron chi connectivity index (χ2n) is 8.36. The van der Waals surface area contributed by atoms with Gasteiger partial charge in [0.05, 0.1) is 12.6 Å². The molecule has 0 aliphatic rings. The van der Waals surface area contributed by atoms with Crippen LogP contribution in [0.4, 0.5) is 0 Å². The maximum Gasteiger partial charge on any atom is 0.327 e. The number of hydrogen-bond acceptors (Lipinski definition) is 7. The third-order valence-electron chi connectivity index (χ3n) is 5.90. The van der Waals surface area contributed by atoms with Gasteiger partial charge >= 0.3 is 5.97 Å². The zero-order chi connectivity index (χ0) is 26.1. The molecule has 1 heterocycles. The first-order valence-corrected chi connectivity index (χ1v) is 11.9. The van der Waals surface area contributed by atoms with E-state index in [4.69, 9.17) is 10.8 Å². The first-order valence-electron chi connectivity index (χ1n) is 11.3. The number of hydrogen-bond donors (Lipinski definition) is 8. The monoisotopic (exact) mass is 507 g/mol. The average molecular weight is 508 g/mol. The lowest BCUT2D eigenvalue weighted by molar-refractivity contribution is -0.142. The Morgan fingerprint density at radius 1 is 1.03 bits per heavy atom. The van der Waals surface area contributed by atoms with Gasteiger partial charge < -0.3 is 36.9 Å². The summed E-state index contributed by atoms with van der Waals surface area (Å²) < 4.78 is 0. The molecule has 11 nitrogen and oxygen atoms in total. The van der Waals surface area contributed by atoms with Gasteiger partial charge in [-0.15, -0.1) is 0 Å². The molecular weight excluding hydrogens is 474 g/mol. The molecule has 2 rings (SSSR count). The van der Waals surface area contributed by atoms with Crippen LogP contribution >= 0.6 is 12.6 Å². The smallest absolute Gasteiger partial charge is 0.327 e. The highest BCUT2D eigenvalue weighted by atomic mass is 32.1. The Hall–Kier alpha value is -3.09. The second kappa shape index (κ2) is 13.1. The number of fused-ring (bicyclic) bond motifs is 1. The van der Waals surface area contributed by atoms with Crippen LogP contribution < -0.4 is 21.7 Å². The number of H-pyrrole nitrogens is 1. The summed E-state index contributed by atoms with van der Waals surface area (Å²) in [7, 11) is 0. The molecule has 1 aromatic heterocycles. The number of aromatic amines is 1. The molecule has 0 aliphatic carbocycles. The van der Waals surface area contributed by atoms with Crippen LogP contribution in [0.25, 0.3) is 10.9 Å². The number of carboxylic acid groups (broad SMARTS) is 1. The van der Waals surface area contributed by atoms with Gasteiger partial charge in [0.15, 0.2) is 0 Å². The van der Waals surface area contributed by atoms with Gasteiger partial charge in [0.2, 0.25) is 17.7 Å². The van der Waals surface area contributed by atoms with Crippen molar-refractivity contribution in [1.29, 1.82) is 0 Å². The third-order valence-corrected chi connectivity index (χ3v) is 6.27. The van der Waals surface area contributed by atoms with Crippen LogP contribution in [0, 0.1) is 5.92 Å². The zero-order valence-electron chi connectivity index (χ0n) is 19.7. The van der Waals surface area contributed by atoms with Gasteiger partial charge in [-0.1, -0.05) is 38.5 Å². The Morgan fingerprint density at radius 2 is 1.63 bits per heavy atom. The Labute approximate surface area is 208 Å². The van der Waals surface area contributed by atoms with Crippen molar-refractivity contribution in [1.82, 2.24) is 20.9 Å². The van der Waals surface area contributed by atoms with Crippen LogP contribution in [0.2, 0.25) is 0 Å². The van der Waals surface area contributed by atoms with Crippen molar-refractivity contribution >= 4 is 47.2 Å². The summed E-state index contributed by atoms with van der Waals surface area (Å²) in [5.41, 5.74) is 7.65. The minimum Gasteiger partial charge on any atom is -0.480 e. The number of aliphatic hydroxyl groups excluding tert-OH is 1. The predicted octanol–water partition coefficient (Wildman–Crippen LogP) is -0.455. The molecular formula is C23H33N5O6S. The summed E-state index contributed by atoms with van der Waals surface area (Å²) in [6.45, 7) is 2.94. The summed E-state index contributed by atoms with van der Waals surface area (Å²) in [4.78, 5) is 52.7. The van der Waals surface area contributed by atoms with Crippen molar-refractivity contribution in [2.45, 2.75) is 50.9 Å². The van der Waals surface area contributed by atoms with Crippen molar-refractivity contribution in [2.75, 3.05) is 12.4 Å². The lowest BCUT2D eigenvalue weighted by Crippen LogP contribution is -2.59. The van der Waals surface area contributed by atoms with E-state index in [1.807, 2.05) is 38.1 Å². The first-order chi connectivity index (χ1) is 16.6. The van der Waals surface area contributed by atoms with E-state index in [9.17, 15) is 24.3 Å². The molecule has 5 unspecified atom stereocenters. The molecule has 0 aliphatic heterocycles. The molecule has 0 bridgehead atoms. The number of para-hydroxylation sites is 1. The summed E-state index contributed by atoms with van der Waals surface area (Å²) in [6.07, 6.45) is 2.48. The number of nitrogens with one attached hydrogen (secondary N) is 4. The van der Waals surface area contributed by atoms with Crippen molar-refractivity contribution in [3.05, 3.63) is 36.0 Å². The minimum absolute atomic E-state index is 0.0863. The molecule has 0 spiro atoms. The SMILES string of the molecule is CCC(C)C(N)C(=O)NC(Cc1c[nH]c2ccccc12)C(=O)NC(CO)C(=O)NC(CS)C(=O)O. The van der Waals surface area contributed by atoms with Crippen molar-refractivity contribution in [3.8, 4) is 0 Å². The molecule has 0 radical (unpaired) electrons. The van der Waals surface area contributed by atoms with Gasteiger partial charge in [-0.05, 0) is 17.5 Å². The van der Waals surface area contributed by atoms with Gasteiger partial charge in [0.1, 0.15) is 18.1 Å². The lowest BCUT2D eigenvalue weighted by Gasteiger charge is -2.25. The number of aliphatic carboxylic acids is 1. The van der Waals surface area contributed by atoms with E-state index in [0.29, 0.717) is 6.42 Å². The molecule has 3 amide bonds. The van der Waals surface area contributed by atoms with Crippen molar-refractivity contribution in [2.24, 2.45) is 11.7 Å². The highest BCUT2D eigenvalue weighted by Crippen LogP contribution is 2.19. The van der Waals surface area contributed by atoms with Gasteiger partial charge in [0.25, 0.3) is 0 Å². The quantitative estimate of drug-likeness (QED) is 0.169. The Kier molecular flexibility index (Phi) is 10.6. The highest BCUT2D eigenvalue weighted by molar-refractivity contribution is 7.80. The number of rotatable bonds is 13. The van der Waals surface area contributed by atoms with E-state index in [1.54, 1.807) is 6.20 Å². The number of carboxylic acids is 1. The number of carbonyl (C=O) groups excluding carboxylic acids is 3. The molecule has 1 aromatic carbocycles. The number of benzene rings is 1. The molecule has 0 saturated heterocycles. The minimum atomic E-state index is -1.44. The normalized spacial score (nSPS) is 15.5. The van der Waals surface area contributed by atoms with Crippen LogP contribution in [-0.2, 0) is 25.6 Å². The fourth-order valence-corrected chi connectivity index (χ4v) is 3.68. The largest absolute Gasteiger partial charge is 0.480 e. The molecule has 2 aromatic rings. The number of thiol groups is 1. The number of carbonyl (C=O) groups is 4. The van der Waals surface area contributed by atoms with E-state index in [1.165, 1.54) is 0 Å². The second-order valence-corrected chi connectivity index (χ2v) is 8.73. The summed E-state index contributed by atoms with van der Waals surface area (Å²) in [5.74, 6) is -3.76. The molecule has 0 saturated carbocycles. The molecule has 35 heavy (non-hydrogen) atoms. The number of aromatic nitrogens is 1. The van der Waals surface area contributed by atoms with Gasteiger partial charge in [-0.2, -0.15) is 12.6 Å². The van der Waals surface area contributed by atoms with Crippen molar-refractivity contribution in [3.63, 3.8) is 0 Å². The maximum atomic E-state index is 13.2. The Morgan fingerprint density at radius 3 is 2.23 bits per heavy atom. The third kappa shape index (κ3) is 7.44. The Bertz CT molecular complexity index is 1040. The van der Waals surface area contributed by atoms with E-state index in [-0.39, 0.29) is 18.1 Å². The topological polar surface area (TPSA) is 187 Å². The molecule has 8 N–H and O–H groups in total. The van der Waals surface area contributed by atoms with Gasteiger partial charge in [0, 0.05) is 29.3 Å². The highest BCUT2D eigenvalue weighted by Gasteiger charge is 2.31. The zero-order valence-corrected chi connectivity index (χ0v) is 20.5. The van der Waals surface area contributed by atoms with E-state index < -0.39 is 54.5 Å². The van der Waals surface area contributed by atoms with Crippen LogP contribution in [0.1, 0.15) is 25.8 Å². The van der Waals surface area contributed by atoms with Gasteiger partial charge in [-0.25, -0.2) is 4.79 Å². The fourth-order valence-electron chi connectivity index (χ4n) is 3.43. The van der Waals surface area contributed by atoms with E-state index in [0.717, 1.165) is 16.5 Å². The van der Waals surface area contributed by atoms with Crippen LogP contribution in [0.5, 0.6) is 0 Å². The molecule has 12 heteroatoms. The first kappa shape index (κ1) is 28.1.